The Kier molecular flexibility index (Phi) is 8.26. The SMILES string of the molecule is CCNC(=NCc1ccc2c(c1)OCO2)NCC(c1ccc(C)o1)N1CCCC1.I. The molecule has 1 unspecified atom stereocenters. The third kappa shape index (κ3) is 5.60. The first-order valence-electron chi connectivity index (χ1n) is 10.4. The lowest BCUT2D eigenvalue weighted by molar-refractivity contribution is 0.174. The molecule has 0 aliphatic carbocycles. The van der Waals surface area contributed by atoms with Crippen LogP contribution in [0.2, 0.25) is 0 Å². The van der Waals surface area contributed by atoms with Crippen LogP contribution in [0.5, 0.6) is 11.5 Å². The molecule has 164 valence electrons. The topological polar surface area (TPSA) is 71.3 Å². The zero-order valence-corrected chi connectivity index (χ0v) is 20.0. The van der Waals surface area contributed by atoms with Crippen LogP contribution in [0.1, 0.15) is 42.9 Å². The third-order valence-electron chi connectivity index (χ3n) is 5.33. The van der Waals surface area contributed by atoms with E-state index in [9.17, 15) is 0 Å². The van der Waals surface area contributed by atoms with E-state index in [2.05, 4.69) is 28.5 Å². The molecule has 7 nitrogen and oxygen atoms in total. The summed E-state index contributed by atoms with van der Waals surface area (Å²) in [4.78, 5) is 7.25. The summed E-state index contributed by atoms with van der Waals surface area (Å²) in [7, 11) is 0. The number of aryl methyl sites for hydroxylation is 1. The van der Waals surface area contributed by atoms with Gasteiger partial charge in [-0.2, -0.15) is 0 Å². The van der Waals surface area contributed by atoms with E-state index in [0.29, 0.717) is 6.54 Å². The van der Waals surface area contributed by atoms with Crippen LogP contribution in [-0.4, -0.2) is 43.8 Å². The molecule has 1 fully saturated rings. The van der Waals surface area contributed by atoms with Gasteiger partial charge in [0.1, 0.15) is 11.5 Å². The number of benzene rings is 1. The van der Waals surface area contributed by atoms with Gasteiger partial charge in [0.05, 0.1) is 12.6 Å². The van der Waals surface area contributed by atoms with E-state index in [4.69, 9.17) is 18.9 Å². The first-order valence-corrected chi connectivity index (χ1v) is 10.4. The monoisotopic (exact) mass is 526 g/mol. The molecule has 1 aromatic carbocycles. The minimum Gasteiger partial charge on any atom is -0.465 e. The smallest absolute Gasteiger partial charge is 0.231 e. The highest BCUT2D eigenvalue weighted by atomic mass is 127. The molecule has 3 heterocycles. The van der Waals surface area contributed by atoms with Crippen molar-refractivity contribution in [2.45, 2.75) is 39.3 Å². The molecule has 2 N–H and O–H groups in total. The molecule has 0 radical (unpaired) electrons. The van der Waals surface area contributed by atoms with Crippen LogP contribution >= 0.6 is 24.0 Å². The van der Waals surface area contributed by atoms with Crippen molar-refractivity contribution in [2.24, 2.45) is 4.99 Å². The Balaban J connectivity index is 0.00000256. The average Bonchev–Trinajstić information content (AvgIpc) is 3.48. The second-order valence-corrected chi connectivity index (χ2v) is 7.47. The molecular weight excluding hydrogens is 495 g/mol. The summed E-state index contributed by atoms with van der Waals surface area (Å²) < 4.78 is 16.8. The van der Waals surface area contributed by atoms with Gasteiger partial charge in [0.2, 0.25) is 6.79 Å². The molecule has 2 aliphatic heterocycles. The molecule has 0 bridgehead atoms. The van der Waals surface area contributed by atoms with Gasteiger partial charge >= 0.3 is 0 Å². The van der Waals surface area contributed by atoms with E-state index in [1.54, 1.807) is 0 Å². The summed E-state index contributed by atoms with van der Waals surface area (Å²) in [6.45, 7) is 8.70. The fraction of sp³-hybridized carbons (Fsp3) is 0.500. The van der Waals surface area contributed by atoms with Crippen LogP contribution in [0.15, 0.2) is 39.7 Å². The summed E-state index contributed by atoms with van der Waals surface area (Å²) >= 11 is 0. The molecule has 1 aromatic heterocycles. The predicted octanol–water partition coefficient (Wildman–Crippen LogP) is 3.83. The van der Waals surface area contributed by atoms with Crippen molar-refractivity contribution in [1.29, 1.82) is 0 Å². The quantitative estimate of drug-likeness (QED) is 0.325. The van der Waals surface area contributed by atoms with Crippen molar-refractivity contribution in [2.75, 3.05) is 33.0 Å². The summed E-state index contributed by atoms with van der Waals surface area (Å²) in [5.41, 5.74) is 1.09. The van der Waals surface area contributed by atoms with Crippen molar-refractivity contribution < 1.29 is 13.9 Å². The normalized spacial score (nSPS) is 16.9. The van der Waals surface area contributed by atoms with E-state index in [-0.39, 0.29) is 36.8 Å². The molecule has 1 atom stereocenters. The second-order valence-electron chi connectivity index (χ2n) is 7.47. The Hall–Kier alpha value is -1.94. The van der Waals surface area contributed by atoms with E-state index < -0.39 is 0 Å². The van der Waals surface area contributed by atoms with Gasteiger partial charge in [-0.3, -0.25) is 4.90 Å². The maximum Gasteiger partial charge on any atom is 0.231 e. The summed E-state index contributed by atoms with van der Waals surface area (Å²) in [6, 6.07) is 10.3. The van der Waals surface area contributed by atoms with Crippen LogP contribution < -0.4 is 20.1 Å². The summed E-state index contributed by atoms with van der Waals surface area (Å²) in [6.07, 6.45) is 2.49. The van der Waals surface area contributed by atoms with Crippen LogP contribution in [0, 0.1) is 6.92 Å². The fourth-order valence-corrected chi connectivity index (χ4v) is 3.84. The highest BCUT2D eigenvalue weighted by Crippen LogP contribution is 2.32. The van der Waals surface area contributed by atoms with Gasteiger partial charge in [-0.1, -0.05) is 6.07 Å². The highest BCUT2D eigenvalue weighted by Gasteiger charge is 2.26. The Morgan fingerprint density at radius 3 is 2.63 bits per heavy atom. The largest absolute Gasteiger partial charge is 0.465 e. The number of nitrogens with zero attached hydrogens (tertiary/aromatic N) is 2. The lowest BCUT2D eigenvalue weighted by Gasteiger charge is -2.26. The van der Waals surface area contributed by atoms with E-state index >= 15 is 0 Å². The van der Waals surface area contributed by atoms with Crippen molar-refractivity contribution in [3.05, 3.63) is 47.4 Å². The number of hydrogen-bond donors (Lipinski definition) is 2. The highest BCUT2D eigenvalue weighted by molar-refractivity contribution is 14.0. The minimum absolute atomic E-state index is 0. The molecule has 30 heavy (non-hydrogen) atoms. The second kappa shape index (κ2) is 10.9. The average molecular weight is 526 g/mol. The van der Waals surface area contributed by atoms with Crippen molar-refractivity contribution in [3.63, 3.8) is 0 Å². The van der Waals surface area contributed by atoms with E-state index in [1.165, 1.54) is 12.8 Å². The van der Waals surface area contributed by atoms with Crippen LogP contribution in [0.25, 0.3) is 0 Å². The first kappa shape index (κ1) is 22.7. The number of nitrogens with one attached hydrogen (secondary N) is 2. The molecule has 0 saturated carbocycles. The number of fused-ring (bicyclic) bond motifs is 1. The third-order valence-corrected chi connectivity index (χ3v) is 5.33. The van der Waals surface area contributed by atoms with Crippen molar-refractivity contribution >= 4 is 29.9 Å². The number of likely N-dealkylation sites (tertiary alicyclic amines) is 1. The number of halogens is 1. The van der Waals surface area contributed by atoms with Crippen molar-refractivity contribution in [3.8, 4) is 11.5 Å². The van der Waals surface area contributed by atoms with Crippen LogP contribution in [0.4, 0.5) is 0 Å². The molecule has 4 rings (SSSR count). The van der Waals surface area contributed by atoms with Crippen LogP contribution in [0.3, 0.4) is 0 Å². The number of guanidine groups is 1. The van der Waals surface area contributed by atoms with E-state index in [0.717, 1.165) is 60.7 Å². The maximum atomic E-state index is 5.95. The molecule has 2 aromatic rings. The van der Waals surface area contributed by atoms with Gasteiger partial charge in [-0.05, 0) is 69.6 Å². The summed E-state index contributed by atoms with van der Waals surface area (Å²) in [5.74, 6) is 4.36. The maximum absolute atomic E-state index is 5.95. The fourth-order valence-electron chi connectivity index (χ4n) is 3.84. The Bertz CT molecular complexity index is 849. The molecule has 0 spiro atoms. The van der Waals surface area contributed by atoms with Crippen molar-refractivity contribution in [1.82, 2.24) is 15.5 Å². The molecular formula is C22H31IN4O3. The van der Waals surface area contributed by atoms with Crippen LogP contribution in [-0.2, 0) is 6.54 Å². The number of aliphatic imine (C=N–C) groups is 1. The lowest BCUT2D eigenvalue weighted by Crippen LogP contribution is -2.42. The van der Waals surface area contributed by atoms with Gasteiger partial charge in [-0.15, -0.1) is 24.0 Å². The zero-order chi connectivity index (χ0) is 20.1. The predicted molar refractivity (Wildman–Crippen MR) is 128 cm³/mol. The number of hydrogen-bond acceptors (Lipinski definition) is 5. The van der Waals surface area contributed by atoms with Gasteiger partial charge in [0, 0.05) is 13.1 Å². The Labute approximate surface area is 195 Å². The Morgan fingerprint density at radius 2 is 1.90 bits per heavy atom. The lowest BCUT2D eigenvalue weighted by atomic mass is 10.2. The number of rotatable bonds is 7. The zero-order valence-electron chi connectivity index (χ0n) is 17.6. The standard InChI is InChI=1S/C22H30N4O3.HI/c1-3-23-22(24-13-17-7-9-20-21(12-17)28-15-27-20)25-14-18(26-10-4-5-11-26)19-8-6-16(2)29-19;/h6-9,12,18H,3-5,10-11,13-15H2,1-2H3,(H2,23,24,25);1H. The molecule has 1 saturated heterocycles. The first-order chi connectivity index (χ1) is 14.2. The van der Waals surface area contributed by atoms with Gasteiger partial charge in [0.25, 0.3) is 0 Å². The minimum atomic E-state index is 0. The molecule has 2 aliphatic rings. The Morgan fingerprint density at radius 1 is 1.10 bits per heavy atom. The van der Waals surface area contributed by atoms with Gasteiger partial charge in [-0.25, -0.2) is 4.99 Å². The summed E-state index contributed by atoms with van der Waals surface area (Å²) in [5, 5.41) is 6.85. The number of ether oxygens (including phenoxy) is 2. The van der Waals surface area contributed by atoms with Gasteiger partial charge in [0.15, 0.2) is 17.5 Å². The van der Waals surface area contributed by atoms with E-state index in [1.807, 2.05) is 31.2 Å². The molecule has 8 heteroatoms. The molecule has 0 amide bonds. The number of furan rings is 1. The van der Waals surface area contributed by atoms with Gasteiger partial charge < -0.3 is 24.5 Å².